The number of para-hydroxylation sites is 1. The number of fused-ring (bicyclic) bond motifs is 1. The van der Waals surface area contributed by atoms with E-state index < -0.39 is 17.7 Å². The van der Waals surface area contributed by atoms with Gasteiger partial charge in [0.2, 0.25) is 0 Å². The average Bonchev–Trinajstić information content (AvgIpc) is 3.31. The number of benzene rings is 2. The fraction of sp³-hybridized carbons (Fsp3) is 0.379. The molecular formula is C29H34N2O4. The molecule has 1 atom stereocenters. The van der Waals surface area contributed by atoms with Crippen molar-refractivity contribution in [3.8, 4) is 5.75 Å². The van der Waals surface area contributed by atoms with Gasteiger partial charge in [-0.15, -0.1) is 0 Å². The number of hydrogen-bond acceptors (Lipinski definition) is 4. The van der Waals surface area contributed by atoms with E-state index in [0.717, 1.165) is 40.6 Å². The van der Waals surface area contributed by atoms with Crippen LogP contribution >= 0.6 is 0 Å². The van der Waals surface area contributed by atoms with Gasteiger partial charge in [-0.25, -0.2) is 0 Å². The number of likely N-dealkylation sites (tertiary alicyclic amines) is 1. The molecule has 35 heavy (non-hydrogen) atoms. The minimum absolute atomic E-state index is 0.140. The predicted molar refractivity (Wildman–Crippen MR) is 139 cm³/mol. The van der Waals surface area contributed by atoms with Crippen molar-refractivity contribution in [2.45, 2.75) is 52.5 Å². The summed E-state index contributed by atoms with van der Waals surface area (Å²) in [7, 11) is 1.95. The van der Waals surface area contributed by atoms with Crippen molar-refractivity contribution in [1.29, 1.82) is 0 Å². The van der Waals surface area contributed by atoms with E-state index in [-0.39, 0.29) is 17.3 Å². The molecule has 6 nitrogen and oxygen atoms in total. The number of amides is 1. The Balaban J connectivity index is 1.93. The van der Waals surface area contributed by atoms with E-state index in [4.69, 9.17) is 4.74 Å². The van der Waals surface area contributed by atoms with Crippen molar-refractivity contribution in [2.75, 3.05) is 13.2 Å². The van der Waals surface area contributed by atoms with Crippen molar-refractivity contribution < 1.29 is 19.4 Å². The fourth-order valence-corrected chi connectivity index (χ4v) is 4.94. The summed E-state index contributed by atoms with van der Waals surface area (Å²) in [4.78, 5) is 28.2. The third-order valence-electron chi connectivity index (χ3n) is 6.72. The Morgan fingerprint density at radius 3 is 2.54 bits per heavy atom. The van der Waals surface area contributed by atoms with Crippen molar-refractivity contribution in [3.63, 3.8) is 0 Å². The van der Waals surface area contributed by atoms with Crippen molar-refractivity contribution in [2.24, 2.45) is 7.05 Å². The predicted octanol–water partition coefficient (Wildman–Crippen LogP) is 5.92. The molecular weight excluding hydrogens is 440 g/mol. The first-order valence-corrected chi connectivity index (χ1v) is 12.4. The number of aliphatic hydroxyl groups excluding tert-OH is 1. The maximum Gasteiger partial charge on any atom is 0.295 e. The number of aliphatic hydroxyl groups is 1. The van der Waals surface area contributed by atoms with Crippen molar-refractivity contribution in [1.82, 2.24) is 9.47 Å². The number of aromatic nitrogens is 1. The van der Waals surface area contributed by atoms with E-state index in [1.165, 1.54) is 0 Å². The summed E-state index contributed by atoms with van der Waals surface area (Å²) in [6, 6.07) is 12.7. The lowest BCUT2D eigenvalue weighted by Crippen LogP contribution is -2.30. The first-order valence-electron chi connectivity index (χ1n) is 12.4. The van der Waals surface area contributed by atoms with Crippen LogP contribution in [-0.4, -0.2) is 39.4 Å². The molecule has 2 aromatic carbocycles. The molecule has 1 aliphatic heterocycles. The highest BCUT2D eigenvalue weighted by molar-refractivity contribution is 6.46. The number of nitrogens with zero attached hydrogens (tertiary/aromatic N) is 2. The van der Waals surface area contributed by atoms with Gasteiger partial charge in [0.15, 0.2) is 0 Å². The second-order valence-electron chi connectivity index (χ2n) is 9.40. The first-order chi connectivity index (χ1) is 16.8. The normalized spacial score (nSPS) is 17.7. The lowest BCUT2D eigenvalue weighted by Gasteiger charge is -2.25. The standard InChI is InChI=1S/C29H34N2O4/c1-6-8-15-31-26(22-17-30(5)23-12-10-9-11-20(22)23)25(28(33)29(31)34)27(32)19-13-14-24(35-7-2)21(16-19)18(3)4/h9-14,16-18,26,32H,6-8,15H2,1-5H3/b27-25+. The molecule has 184 valence electrons. The molecule has 1 unspecified atom stereocenters. The molecule has 1 fully saturated rings. The summed E-state index contributed by atoms with van der Waals surface area (Å²) in [5.74, 6) is -0.437. The number of rotatable bonds is 8. The van der Waals surface area contributed by atoms with E-state index in [2.05, 4.69) is 20.8 Å². The maximum absolute atomic E-state index is 13.4. The van der Waals surface area contributed by atoms with Crippen LogP contribution in [-0.2, 0) is 16.6 Å². The van der Waals surface area contributed by atoms with Gasteiger partial charge in [-0.2, -0.15) is 0 Å². The molecule has 0 spiro atoms. The minimum Gasteiger partial charge on any atom is -0.507 e. The molecule has 1 aromatic heterocycles. The molecule has 1 N–H and O–H groups in total. The van der Waals surface area contributed by atoms with Crippen LogP contribution in [0, 0.1) is 0 Å². The topological polar surface area (TPSA) is 71.8 Å². The summed E-state index contributed by atoms with van der Waals surface area (Å²) < 4.78 is 7.77. The van der Waals surface area contributed by atoms with E-state index in [1.54, 1.807) is 11.0 Å². The number of ketones is 1. The Kier molecular flexibility index (Phi) is 7.01. The van der Waals surface area contributed by atoms with Gasteiger partial charge >= 0.3 is 0 Å². The third kappa shape index (κ3) is 4.33. The molecule has 1 aliphatic rings. The van der Waals surface area contributed by atoms with Crippen LogP contribution in [0.25, 0.3) is 16.7 Å². The van der Waals surface area contributed by atoms with Crippen LogP contribution in [0.4, 0.5) is 0 Å². The Morgan fingerprint density at radius 2 is 1.86 bits per heavy atom. The molecule has 6 heteroatoms. The highest BCUT2D eigenvalue weighted by Gasteiger charge is 2.46. The lowest BCUT2D eigenvalue weighted by atomic mass is 9.93. The van der Waals surface area contributed by atoms with Crippen molar-refractivity contribution >= 4 is 28.4 Å². The molecule has 4 rings (SSSR count). The van der Waals surface area contributed by atoms with Gasteiger partial charge in [-0.1, -0.05) is 45.4 Å². The number of unbranched alkanes of at least 4 members (excludes halogenated alkanes) is 1. The highest BCUT2D eigenvalue weighted by atomic mass is 16.5. The SMILES string of the molecule is CCCCN1C(=O)C(=O)/C(=C(/O)c2ccc(OCC)c(C(C)C)c2)C1c1cn(C)c2ccccc12. The van der Waals surface area contributed by atoms with Crippen LogP contribution in [0.15, 0.2) is 54.2 Å². The van der Waals surface area contributed by atoms with Crippen molar-refractivity contribution in [3.05, 3.63) is 70.9 Å². The Hall–Kier alpha value is -3.54. The quantitative estimate of drug-likeness (QED) is 0.250. The summed E-state index contributed by atoms with van der Waals surface area (Å²) >= 11 is 0. The second kappa shape index (κ2) is 9.98. The van der Waals surface area contributed by atoms with Crippen LogP contribution in [0.3, 0.4) is 0 Å². The molecule has 0 aliphatic carbocycles. The molecule has 0 bridgehead atoms. The molecule has 1 amide bonds. The number of carbonyl (C=O) groups excluding carboxylic acids is 2. The van der Waals surface area contributed by atoms with E-state index in [0.29, 0.717) is 18.7 Å². The van der Waals surface area contributed by atoms with Gasteiger partial charge < -0.3 is 19.3 Å². The molecule has 1 saturated heterocycles. The zero-order chi connectivity index (χ0) is 25.3. The zero-order valence-corrected chi connectivity index (χ0v) is 21.2. The van der Waals surface area contributed by atoms with Gasteiger partial charge in [-0.3, -0.25) is 9.59 Å². The average molecular weight is 475 g/mol. The summed E-state index contributed by atoms with van der Waals surface area (Å²) in [5, 5.41) is 12.5. The van der Waals surface area contributed by atoms with Gasteiger partial charge in [0, 0.05) is 41.8 Å². The molecule has 0 radical (unpaired) electrons. The van der Waals surface area contributed by atoms with Gasteiger partial charge in [0.1, 0.15) is 11.5 Å². The second-order valence-corrected chi connectivity index (χ2v) is 9.40. The largest absolute Gasteiger partial charge is 0.507 e. The number of aryl methyl sites for hydroxylation is 1. The van der Waals surface area contributed by atoms with Gasteiger partial charge in [-0.05, 0) is 49.1 Å². The van der Waals surface area contributed by atoms with Crippen LogP contribution in [0.2, 0.25) is 0 Å². The number of hydrogen-bond donors (Lipinski definition) is 1. The Bertz CT molecular complexity index is 1300. The number of Topliss-reactive ketones (excluding diaryl/α,β-unsaturated/α-hetero) is 1. The Labute approximate surface area is 206 Å². The summed E-state index contributed by atoms with van der Waals surface area (Å²) in [5.41, 5.74) is 3.44. The molecule has 0 saturated carbocycles. The molecule has 2 heterocycles. The van der Waals surface area contributed by atoms with Crippen LogP contribution in [0.5, 0.6) is 5.75 Å². The zero-order valence-electron chi connectivity index (χ0n) is 21.2. The van der Waals surface area contributed by atoms with Gasteiger partial charge in [0.05, 0.1) is 18.2 Å². The van der Waals surface area contributed by atoms with Crippen LogP contribution in [0.1, 0.15) is 69.2 Å². The van der Waals surface area contributed by atoms with E-state index in [9.17, 15) is 14.7 Å². The lowest BCUT2D eigenvalue weighted by molar-refractivity contribution is -0.139. The summed E-state index contributed by atoms with van der Waals surface area (Å²) in [6.45, 7) is 9.08. The first kappa shape index (κ1) is 24.6. The van der Waals surface area contributed by atoms with E-state index in [1.807, 2.05) is 61.1 Å². The number of carbonyl (C=O) groups is 2. The third-order valence-corrected chi connectivity index (χ3v) is 6.72. The smallest absolute Gasteiger partial charge is 0.295 e. The van der Waals surface area contributed by atoms with E-state index >= 15 is 0 Å². The Morgan fingerprint density at radius 1 is 1.11 bits per heavy atom. The monoisotopic (exact) mass is 474 g/mol. The van der Waals surface area contributed by atoms with Gasteiger partial charge in [0.25, 0.3) is 11.7 Å². The fourth-order valence-electron chi connectivity index (χ4n) is 4.94. The molecule has 3 aromatic rings. The minimum atomic E-state index is -0.651. The van der Waals surface area contributed by atoms with Crippen LogP contribution < -0.4 is 4.74 Å². The number of ether oxygens (including phenoxy) is 1. The summed E-state index contributed by atoms with van der Waals surface area (Å²) in [6.07, 6.45) is 3.63. The highest BCUT2D eigenvalue weighted by Crippen LogP contribution is 2.43. The maximum atomic E-state index is 13.4.